The molecule has 1 saturated heterocycles. The maximum absolute atomic E-state index is 12.6. The maximum Gasteiger partial charge on any atom is 0.293 e. The van der Waals surface area contributed by atoms with Crippen LogP contribution in [0.4, 0.5) is 4.79 Å². The van der Waals surface area contributed by atoms with E-state index in [9.17, 15) is 9.59 Å². The van der Waals surface area contributed by atoms with E-state index in [4.69, 9.17) is 4.74 Å². The van der Waals surface area contributed by atoms with Gasteiger partial charge >= 0.3 is 0 Å². The van der Waals surface area contributed by atoms with Crippen LogP contribution >= 0.6 is 79.5 Å². The van der Waals surface area contributed by atoms with E-state index in [1.54, 1.807) is 6.08 Å². The summed E-state index contributed by atoms with van der Waals surface area (Å²) in [6, 6.07) is 12.1. The molecule has 2 aromatic rings. The SMILES string of the molecule is CC[C@H](C)N1C(=O)S/C(=C/c2cc(I)c(OCc3ccc(I)cc3)c(I)c2)C1=O. The van der Waals surface area contributed by atoms with Crippen molar-refractivity contribution in [3.05, 3.63) is 63.1 Å². The lowest BCUT2D eigenvalue weighted by Crippen LogP contribution is -2.36. The smallest absolute Gasteiger partial charge is 0.293 e. The van der Waals surface area contributed by atoms with Crippen LogP contribution in [0.3, 0.4) is 0 Å². The van der Waals surface area contributed by atoms with Crippen molar-refractivity contribution in [1.82, 2.24) is 4.90 Å². The van der Waals surface area contributed by atoms with Gasteiger partial charge in [0.25, 0.3) is 11.1 Å². The number of ether oxygens (including phenoxy) is 1. The highest BCUT2D eigenvalue weighted by atomic mass is 127. The van der Waals surface area contributed by atoms with Gasteiger partial charge in [0.1, 0.15) is 12.4 Å². The van der Waals surface area contributed by atoms with Gasteiger partial charge in [0, 0.05) is 9.61 Å². The second-order valence-corrected chi connectivity index (χ2v) is 11.1. The molecule has 2 amide bonds. The Bertz CT molecular complexity index is 953. The Balaban J connectivity index is 1.78. The monoisotopic (exact) mass is 745 g/mol. The number of amides is 2. The third-order valence-electron chi connectivity index (χ3n) is 4.47. The predicted molar refractivity (Wildman–Crippen MR) is 143 cm³/mol. The average Bonchev–Trinajstić information content (AvgIpc) is 2.95. The van der Waals surface area contributed by atoms with Gasteiger partial charge < -0.3 is 4.74 Å². The molecule has 0 bridgehead atoms. The van der Waals surface area contributed by atoms with E-state index in [-0.39, 0.29) is 17.2 Å². The molecular formula is C21H18I3NO3S. The highest BCUT2D eigenvalue weighted by Crippen LogP contribution is 2.36. The Morgan fingerprint density at radius 1 is 1.10 bits per heavy atom. The van der Waals surface area contributed by atoms with Gasteiger partial charge in [0.05, 0.1) is 12.0 Å². The molecular weight excluding hydrogens is 727 g/mol. The summed E-state index contributed by atoms with van der Waals surface area (Å²) in [6.07, 6.45) is 2.54. The number of carbonyl (C=O) groups excluding carboxylic acids is 2. The van der Waals surface area contributed by atoms with Crippen molar-refractivity contribution < 1.29 is 14.3 Å². The minimum atomic E-state index is -0.210. The molecule has 0 radical (unpaired) electrons. The molecule has 29 heavy (non-hydrogen) atoms. The van der Waals surface area contributed by atoms with Gasteiger partial charge in [-0.05, 0) is 134 Å². The molecule has 0 saturated carbocycles. The summed E-state index contributed by atoms with van der Waals surface area (Å²) in [4.78, 5) is 26.7. The number of hydrogen-bond acceptors (Lipinski definition) is 4. The summed E-state index contributed by atoms with van der Waals surface area (Å²) in [7, 11) is 0. The van der Waals surface area contributed by atoms with Crippen LogP contribution < -0.4 is 4.74 Å². The summed E-state index contributed by atoms with van der Waals surface area (Å²) in [5.41, 5.74) is 2.00. The molecule has 1 heterocycles. The lowest BCUT2D eigenvalue weighted by Gasteiger charge is -2.19. The van der Waals surface area contributed by atoms with E-state index in [1.807, 2.05) is 26.0 Å². The normalized spacial score (nSPS) is 16.6. The van der Waals surface area contributed by atoms with Crippen molar-refractivity contribution in [3.8, 4) is 5.75 Å². The summed E-state index contributed by atoms with van der Waals surface area (Å²) in [6.45, 7) is 4.36. The minimum Gasteiger partial charge on any atom is -0.487 e. The van der Waals surface area contributed by atoms with E-state index < -0.39 is 0 Å². The van der Waals surface area contributed by atoms with Crippen molar-refractivity contribution in [2.75, 3.05) is 0 Å². The van der Waals surface area contributed by atoms with Crippen molar-refractivity contribution in [3.63, 3.8) is 0 Å². The first-order valence-corrected chi connectivity index (χ1v) is 13.0. The fraction of sp³-hybridized carbons (Fsp3) is 0.238. The molecule has 2 aromatic carbocycles. The first-order valence-electron chi connectivity index (χ1n) is 8.93. The van der Waals surface area contributed by atoms with E-state index in [0.29, 0.717) is 11.5 Å². The van der Waals surface area contributed by atoms with E-state index in [2.05, 4.69) is 92.0 Å². The van der Waals surface area contributed by atoms with Crippen LogP contribution in [-0.4, -0.2) is 22.1 Å². The molecule has 1 atom stereocenters. The van der Waals surface area contributed by atoms with Crippen LogP contribution in [0, 0.1) is 10.7 Å². The van der Waals surface area contributed by atoms with Gasteiger partial charge in [-0.3, -0.25) is 14.5 Å². The van der Waals surface area contributed by atoms with Crippen LogP contribution in [0.2, 0.25) is 0 Å². The summed E-state index contributed by atoms with van der Waals surface area (Å²) in [5, 5.41) is -0.197. The first-order chi connectivity index (χ1) is 13.8. The van der Waals surface area contributed by atoms with Crippen LogP contribution in [0.25, 0.3) is 6.08 Å². The van der Waals surface area contributed by atoms with Gasteiger partial charge in [-0.15, -0.1) is 0 Å². The van der Waals surface area contributed by atoms with Gasteiger partial charge in [-0.1, -0.05) is 19.1 Å². The third-order valence-corrected chi connectivity index (χ3v) is 7.68. The number of imide groups is 1. The van der Waals surface area contributed by atoms with E-state index in [1.165, 1.54) is 8.47 Å². The zero-order chi connectivity index (χ0) is 21.1. The summed E-state index contributed by atoms with van der Waals surface area (Å²) >= 11 is 7.78. The number of carbonyl (C=O) groups is 2. The fourth-order valence-corrected chi connectivity index (χ4v) is 6.15. The van der Waals surface area contributed by atoms with Crippen molar-refractivity contribution >= 4 is 96.8 Å². The number of halogens is 3. The topological polar surface area (TPSA) is 46.6 Å². The molecule has 8 heteroatoms. The van der Waals surface area contributed by atoms with Crippen LogP contribution in [0.5, 0.6) is 5.75 Å². The van der Waals surface area contributed by atoms with Crippen LogP contribution in [0.15, 0.2) is 41.3 Å². The Kier molecular flexibility index (Phi) is 8.30. The van der Waals surface area contributed by atoms with Gasteiger partial charge in [-0.2, -0.15) is 0 Å². The quantitative estimate of drug-likeness (QED) is 0.238. The van der Waals surface area contributed by atoms with Gasteiger partial charge in [0.15, 0.2) is 0 Å². The van der Waals surface area contributed by atoms with Crippen LogP contribution in [-0.2, 0) is 11.4 Å². The van der Waals surface area contributed by atoms with Gasteiger partial charge in [-0.25, -0.2) is 0 Å². The lowest BCUT2D eigenvalue weighted by molar-refractivity contribution is -0.124. The zero-order valence-electron chi connectivity index (χ0n) is 15.7. The maximum atomic E-state index is 12.6. The van der Waals surface area contributed by atoms with Gasteiger partial charge in [0.2, 0.25) is 0 Å². The molecule has 1 aliphatic rings. The molecule has 0 aromatic heterocycles. The molecule has 1 fully saturated rings. The average molecular weight is 745 g/mol. The molecule has 4 nitrogen and oxygen atoms in total. The molecule has 1 aliphatic heterocycles. The second kappa shape index (κ2) is 10.3. The predicted octanol–water partition coefficient (Wildman–Crippen LogP) is 6.91. The Labute approximate surface area is 215 Å². The first kappa shape index (κ1) is 23.3. The minimum absolute atomic E-state index is 0.0919. The standard InChI is InChI=1S/C21H18I3NO3S/c1-3-12(2)25-20(26)18(29-21(25)27)10-14-8-16(23)19(17(24)9-14)28-11-13-4-6-15(22)7-5-13/h4-10,12H,3,11H2,1-2H3/b18-10+/t12-/m0/s1. The number of benzene rings is 2. The lowest BCUT2D eigenvalue weighted by atomic mass is 10.2. The number of nitrogens with zero attached hydrogens (tertiary/aromatic N) is 1. The molecule has 152 valence electrons. The van der Waals surface area contributed by atoms with Crippen LogP contribution in [0.1, 0.15) is 31.4 Å². The largest absolute Gasteiger partial charge is 0.487 e. The summed E-state index contributed by atoms with van der Waals surface area (Å²) < 4.78 is 9.17. The number of rotatable bonds is 6. The summed E-state index contributed by atoms with van der Waals surface area (Å²) in [5.74, 6) is 0.619. The Hall–Kier alpha value is -0.340. The van der Waals surface area contributed by atoms with Crippen molar-refractivity contribution in [2.45, 2.75) is 32.9 Å². The molecule has 3 rings (SSSR count). The van der Waals surface area contributed by atoms with E-state index in [0.717, 1.165) is 42.2 Å². The molecule has 0 N–H and O–H groups in total. The molecule has 0 aliphatic carbocycles. The highest BCUT2D eigenvalue weighted by Gasteiger charge is 2.37. The molecule has 0 spiro atoms. The second-order valence-electron chi connectivity index (χ2n) is 6.54. The zero-order valence-corrected chi connectivity index (χ0v) is 23.0. The Morgan fingerprint density at radius 3 is 2.31 bits per heavy atom. The Morgan fingerprint density at radius 2 is 1.72 bits per heavy atom. The number of thioether (sulfide) groups is 1. The van der Waals surface area contributed by atoms with Crippen molar-refractivity contribution in [1.29, 1.82) is 0 Å². The highest BCUT2D eigenvalue weighted by molar-refractivity contribution is 14.1. The van der Waals surface area contributed by atoms with Crippen molar-refractivity contribution in [2.24, 2.45) is 0 Å². The van der Waals surface area contributed by atoms with E-state index >= 15 is 0 Å². The number of hydrogen-bond donors (Lipinski definition) is 0. The molecule has 0 unspecified atom stereocenters. The fourth-order valence-electron chi connectivity index (χ4n) is 2.73. The third kappa shape index (κ3) is 5.67.